The summed E-state index contributed by atoms with van der Waals surface area (Å²) in [5.41, 5.74) is 2.11. The largest absolute Gasteiger partial charge is 0.489 e. The maximum atomic E-state index is 13.6. The van der Waals surface area contributed by atoms with Gasteiger partial charge in [-0.2, -0.15) is 0 Å². The second kappa shape index (κ2) is 9.78. The molecule has 1 atom stereocenters. The number of carbonyl (C=O) groups is 1. The average Bonchev–Trinajstić information content (AvgIpc) is 3.52. The number of amides is 1. The van der Waals surface area contributed by atoms with E-state index in [4.69, 9.17) is 4.74 Å². The van der Waals surface area contributed by atoms with Crippen LogP contribution in [0.2, 0.25) is 0 Å². The molecule has 1 unspecified atom stereocenters. The van der Waals surface area contributed by atoms with E-state index in [0.29, 0.717) is 11.3 Å². The van der Waals surface area contributed by atoms with E-state index in [-0.39, 0.29) is 29.4 Å². The van der Waals surface area contributed by atoms with E-state index < -0.39 is 5.54 Å². The first kappa shape index (κ1) is 24.1. The molecule has 1 aliphatic carbocycles. The van der Waals surface area contributed by atoms with E-state index in [0.717, 1.165) is 49.2 Å². The van der Waals surface area contributed by atoms with Crippen molar-refractivity contribution in [1.29, 1.82) is 0 Å². The highest BCUT2D eigenvalue weighted by molar-refractivity contribution is 5.95. The molecule has 1 aliphatic heterocycles. The smallest absolute Gasteiger partial charge is 0.297 e. The van der Waals surface area contributed by atoms with Gasteiger partial charge < -0.3 is 20.7 Å². The second-order valence-corrected chi connectivity index (χ2v) is 10.2. The van der Waals surface area contributed by atoms with Gasteiger partial charge in [0.05, 0.1) is 11.2 Å². The number of aromatic nitrogens is 2. The fraction of sp³-hybridized carbons (Fsp3) is 0.393. The van der Waals surface area contributed by atoms with Crippen molar-refractivity contribution >= 4 is 11.7 Å². The fourth-order valence-corrected chi connectivity index (χ4v) is 4.55. The van der Waals surface area contributed by atoms with Crippen LogP contribution in [0.25, 0.3) is 5.69 Å². The molecule has 8 heteroatoms. The molecule has 1 saturated carbocycles. The number of ether oxygens (including phenoxy) is 1. The lowest BCUT2D eigenvalue weighted by molar-refractivity contribution is 0.0951. The van der Waals surface area contributed by atoms with Gasteiger partial charge in [0, 0.05) is 36.1 Å². The van der Waals surface area contributed by atoms with Crippen molar-refractivity contribution < 1.29 is 9.53 Å². The number of rotatable bonds is 8. The van der Waals surface area contributed by atoms with Crippen molar-refractivity contribution in [2.75, 3.05) is 18.4 Å². The first-order valence-electron chi connectivity index (χ1n) is 12.6. The number of nitrogens with one attached hydrogen (secondary N) is 3. The quantitative estimate of drug-likeness (QED) is 0.450. The zero-order valence-electron chi connectivity index (χ0n) is 21.0. The van der Waals surface area contributed by atoms with Crippen molar-refractivity contribution in [1.82, 2.24) is 20.2 Å². The second-order valence-electron chi connectivity index (χ2n) is 10.2. The number of aryl methyl sites for hydroxylation is 1. The van der Waals surface area contributed by atoms with E-state index in [1.807, 2.05) is 51.1 Å². The molecule has 2 heterocycles. The summed E-state index contributed by atoms with van der Waals surface area (Å²) < 4.78 is 7.84. The third-order valence-electron chi connectivity index (χ3n) is 6.78. The Morgan fingerprint density at radius 1 is 1.17 bits per heavy atom. The Balaban J connectivity index is 1.43. The molecule has 0 radical (unpaired) electrons. The van der Waals surface area contributed by atoms with Gasteiger partial charge in [0.2, 0.25) is 0 Å². The van der Waals surface area contributed by atoms with Crippen LogP contribution in [0.3, 0.4) is 0 Å². The predicted octanol–water partition coefficient (Wildman–Crippen LogP) is 3.52. The number of para-hydroxylation sites is 1. The Labute approximate surface area is 211 Å². The van der Waals surface area contributed by atoms with Gasteiger partial charge in [0.15, 0.2) is 5.82 Å². The number of hydrogen-bond donors (Lipinski definition) is 3. The molecule has 1 saturated heterocycles. The molecule has 188 valence electrons. The van der Waals surface area contributed by atoms with E-state index in [1.54, 1.807) is 29.1 Å². The maximum Gasteiger partial charge on any atom is 0.297 e. The molecule has 1 aromatic heterocycles. The summed E-state index contributed by atoms with van der Waals surface area (Å²) in [6.45, 7) is 7.71. The topological polar surface area (TPSA) is 97.3 Å². The molecule has 5 rings (SSSR count). The highest BCUT2D eigenvalue weighted by atomic mass is 16.5. The lowest BCUT2D eigenvalue weighted by Crippen LogP contribution is -2.34. The number of hydrogen-bond acceptors (Lipinski definition) is 6. The minimum Gasteiger partial charge on any atom is -0.489 e. The number of carbonyl (C=O) groups excluding carboxylic acids is 1. The maximum absolute atomic E-state index is 13.6. The Morgan fingerprint density at radius 3 is 2.72 bits per heavy atom. The standard InChI is InChI=1S/C28H33N5O3/c1-18-8-9-19(26(34)31-20-10-11-20)16-23(18)33-15-14-30-25(27(33)35)32-28(2,3)22-6-4-5-7-24(22)36-21-12-13-29-17-21/h4-9,14-16,20-21,29H,10-13,17H2,1-3H3,(H,30,32)(H,31,34). The number of benzene rings is 2. The van der Waals surface area contributed by atoms with Crippen molar-refractivity contribution in [3.8, 4) is 11.4 Å². The van der Waals surface area contributed by atoms with Gasteiger partial charge in [-0.15, -0.1) is 0 Å². The normalized spacial score (nSPS) is 17.6. The monoisotopic (exact) mass is 487 g/mol. The Bertz CT molecular complexity index is 1320. The Hall–Kier alpha value is -3.65. The van der Waals surface area contributed by atoms with Crippen molar-refractivity contribution in [2.24, 2.45) is 0 Å². The van der Waals surface area contributed by atoms with Crippen molar-refractivity contribution in [3.63, 3.8) is 0 Å². The highest BCUT2D eigenvalue weighted by Gasteiger charge is 2.28. The summed E-state index contributed by atoms with van der Waals surface area (Å²) in [5, 5.41) is 9.69. The summed E-state index contributed by atoms with van der Waals surface area (Å²) in [7, 11) is 0. The molecule has 2 aromatic carbocycles. The van der Waals surface area contributed by atoms with Gasteiger partial charge >= 0.3 is 0 Å². The van der Waals surface area contributed by atoms with E-state index in [9.17, 15) is 9.59 Å². The zero-order chi connectivity index (χ0) is 25.3. The minimum atomic E-state index is -0.630. The Kier molecular flexibility index (Phi) is 6.53. The molecule has 8 nitrogen and oxygen atoms in total. The van der Waals surface area contributed by atoms with Gasteiger partial charge in [0.1, 0.15) is 11.9 Å². The third-order valence-corrected chi connectivity index (χ3v) is 6.78. The fourth-order valence-electron chi connectivity index (χ4n) is 4.55. The molecular weight excluding hydrogens is 454 g/mol. The van der Waals surface area contributed by atoms with Crippen LogP contribution < -0.4 is 26.2 Å². The molecule has 2 aliphatic rings. The zero-order valence-corrected chi connectivity index (χ0v) is 21.0. The van der Waals surface area contributed by atoms with Crippen LogP contribution in [0.1, 0.15) is 54.6 Å². The van der Waals surface area contributed by atoms with Crippen molar-refractivity contribution in [3.05, 3.63) is 81.9 Å². The summed E-state index contributed by atoms with van der Waals surface area (Å²) in [6, 6.07) is 13.6. The molecule has 36 heavy (non-hydrogen) atoms. The highest BCUT2D eigenvalue weighted by Crippen LogP contribution is 2.33. The first-order chi connectivity index (χ1) is 17.3. The number of anilines is 1. The third kappa shape index (κ3) is 5.14. The van der Waals surface area contributed by atoms with Gasteiger partial charge in [-0.3, -0.25) is 14.2 Å². The summed E-state index contributed by atoms with van der Waals surface area (Å²) in [6.07, 6.45) is 6.36. The van der Waals surface area contributed by atoms with Crippen molar-refractivity contribution in [2.45, 2.75) is 57.7 Å². The molecular formula is C28H33N5O3. The van der Waals surface area contributed by atoms with Crippen LogP contribution in [0.5, 0.6) is 5.75 Å². The van der Waals surface area contributed by atoms with E-state index >= 15 is 0 Å². The molecule has 0 bridgehead atoms. The lowest BCUT2D eigenvalue weighted by Gasteiger charge is -2.30. The van der Waals surface area contributed by atoms with Gasteiger partial charge in [-0.05, 0) is 70.3 Å². The SMILES string of the molecule is Cc1ccc(C(=O)NC2CC2)cc1-n1ccnc(NC(C)(C)c2ccccc2OC2CCNC2)c1=O. The van der Waals surface area contributed by atoms with Crippen LogP contribution in [-0.4, -0.2) is 40.7 Å². The van der Waals surface area contributed by atoms with Crippen LogP contribution >= 0.6 is 0 Å². The van der Waals surface area contributed by atoms with Crippen LogP contribution in [0.15, 0.2) is 59.7 Å². The van der Waals surface area contributed by atoms with Gasteiger partial charge in [-0.1, -0.05) is 24.3 Å². The molecule has 3 aromatic rings. The molecule has 0 spiro atoms. The van der Waals surface area contributed by atoms with Crippen LogP contribution in [0.4, 0.5) is 5.82 Å². The van der Waals surface area contributed by atoms with E-state index in [1.165, 1.54) is 0 Å². The minimum absolute atomic E-state index is 0.116. The van der Waals surface area contributed by atoms with E-state index in [2.05, 4.69) is 20.9 Å². The first-order valence-corrected chi connectivity index (χ1v) is 12.6. The summed E-state index contributed by atoms with van der Waals surface area (Å²) in [5.74, 6) is 0.909. The average molecular weight is 488 g/mol. The Morgan fingerprint density at radius 2 is 1.97 bits per heavy atom. The lowest BCUT2D eigenvalue weighted by atomic mass is 9.93. The molecule has 3 N–H and O–H groups in total. The molecule has 1 amide bonds. The van der Waals surface area contributed by atoms with Gasteiger partial charge in [-0.25, -0.2) is 4.98 Å². The summed E-state index contributed by atoms with van der Waals surface area (Å²) in [4.78, 5) is 30.5. The molecule has 2 fully saturated rings. The predicted molar refractivity (Wildman–Crippen MR) is 140 cm³/mol. The van der Waals surface area contributed by atoms with Crippen LogP contribution in [0, 0.1) is 6.92 Å². The van der Waals surface area contributed by atoms with Crippen LogP contribution in [-0.2, 0) is 5.54 Å². The number of nitrogens with zero attached hydrogens (tertiary/aromatic N) is 2. The van der Waals surface area contributed by atoms with Gasteiger partial charge in [0.25, 0.3) is 11.5 Å². The summed E-state index contributed by atoms with van der Waals surface area (Å²) >= 11 is 0.